The molecule has 17 heteroatoms. The molecule has 1 aliphatic rings. The van der Waals surface area contributed by atoms with Gasteiger partial charge < -0.3 is 10.2 Å². The summed E-state index contributed by atoms with van der Waals surface area (Å²) in [4.78, 5) is 21.1. The number of amidine groups is 1. The van der Waals surface area contributed by atoms with Gasteiger partial charge in [-0.25, -0.2) is 27.2 Å². The van der Waals surface area contributed by atoms with Crippen LogP contribution in [0.2, 0.25) is 0 Å². The summed E-state index contributed by atoms with van der Waals surface area (Å²) in [6.45, 7) is 1.25. The smallest absolute Gasteiger partial charge is 0.365 e. The van der Waals surface area contributed by atoms with Gasteiger partial charge in [0.25, 0.3) is 0 Å². The monoisotopic (exact) mass is 614 g/mol. The van der Waals surface area contributed by atoms with Crippen molar-refractivity contribution in [1.29, 1.82) is 0 Å². The number of rotatable bonds is 8. The van der Waals surface area contributed by atoms with Gasteiger partial charge >= 0.3 is 21.5 Å². The zero-order valence-corrected chi connectivity index (χ0v) is 21.8. The molecule has 0 spiro atoms. The number of hydrogen-bond donors (Lipinski definition) is 2. The van der Waals surface area contributed by atoms with E-state index >= 15 is 0 Å². The molecule has 2 heterocycles. The summed E-state index contributed by atoms with van der Waals surface area (Å²) < 4.78 is 81.3. The largest absolute Gasteiger partial charge is 0.511 e. The van der Waals surface area contributed by atoms with E-state index in [0.29, 0.717) is 17.1 Å². The number of hydrogen-bond acceptors (Lipinski definition) is 9. The summed E-state index contributed by atoms with van der Waals surface area (Å²) in [6, 6.07) is 3.88. The normalized spacial score (nSPS) is 17.5. The first-order chi connectivity index (χ1) is 17.4. The quantitative estimate of drug-likeness (QED) is 0.196. The number of piperidine rings is 1. The topological polar surface area (TPSA) is 139 Å². The molecule has 1 unspecified atom stereocenters. The Hall–Kier alpha value is -2.79. The molecular formula is C20H23BrF4N6O5S. The first kappa shape index (κ1) is 28.8. The van der Waals surface area contributed by atoms with Gasteiger partial charge in [-0.3, -0.25) is 0 Å². The third kappa shape index (κ3) is 7.38. The van der Waals surface area contributed by atoms with Gasteiger partial charge in [-0.1, -0.05) is 6.92 Å². The van der Waals surface area contributed by atoms with E-state index in [0.717, 1.165) is 6.07 Å². The Morgan fingerprint density at radius 2 is 2.11 bits per heavy atom. The van der Waals surface area contributed by atoms with Crippen molar-refractivity contribution in [1.82, 2.24) is 20.1 Å². The number of nitrogens with one attached hydrogen (secondary N) is 2. The second-order valence-corrected chi connectivity index (χ2v) is 10.8. The highest BCUT2D eigenvalue weighted by Crippen LogP contribution is 2.30. The molecule has 1 atom stereocenters. The van der Waals surface area contributed by atoms with Crippen molar-refractivity contribution in [2.45, 2.75) is 38.1 Å². The molecule has 0 aliphatic carbocycles. The summed E-state index contributed by atoms with van der Waals surface area (Å²) in [7, 11) is -5.44. The Labute approximate surface area is 217 Å². The number of alkyl halides is 3. The molecule has 1 aliphatic heterocycles. The van der Waals surface area contributed by atoms with Crippen LogP contribution < -0.4 is 10.8 Å². The lowest BCUT2D eigenvalue weighted by Crippen LogP contribution is -2.47. The van der Waals surface area contributed by atoms with Crippen molar-refractivity contribution >= 4 is 49.3 Å². The molecule has 37 heavy (non-hydrogen) atoms. The predicted molar refractivity (Wildman–Crippen MR) is 126 cm³/mol. The van der Waals surface area contributed by atoms with Gasteiger partial charge in [-0.2, -0.15) is 23.0 Å². The lowest BCUT2D eigenvalue weighted by Gasteiger charge is -2.32. The molecule has 11 nitrogen and oxygen atoms in total. The molecule has 1 aromatic carbocycles. The fourth-order valence-electron chi connectivity index (χ4n) is 3.43. The molecule has 0 saturated carbocycles. The van der Waals surface area contributed by atoms with E-state index in [4.69, 9.17) is 9.47 Å². The number of nitrogens with zero attached hydrogens (tertiary/aromatic N) is 4. The van der Waals surface area contributed by atoms with E-state index in [2.05, 4.69) is 42.0 Å². The van der Waals surface area contributed by atoms with E-state index in [1.165, 1.54) is 12.1 Å². The number of carbonyl (C=O) groups is 1. The maximum Gasteiger partial charge on any atom is 0.511 e. The highest BCUT2D eigenvalue weighted by atomic mass is 79.9. The fourth-order valence-corrected chi connectivity index (χ4v) is 4.86. The van der Waals surface area contributed by atoms with E-state index in [1.807, 2.05) is 0 Å². The van der Waals surface area contributed by atoms with Crippen LogP contribution in [0.3, 0.4) is 0 Å². The highest BCUT2D eigenvalue weighted by molar-refractivity contribution is 9.10. The first-order valence-electron chi connectivity index (χ1n) is 11.0. The van der Waals surface area contributed by atoms with Crippen molar-refractivity contribution < 1.29 is 40.2 Å². The average Bonchev–Trinajstić information content (AvgIpc) is 3.31. The second-order valence-electron chi connectivity index (χ2n) is 8.04. The van der Waals surface area contributed by atoms with Crippen LogP contribution in [0.5, 0.6) is 0 Å². The van der Waals surface area contributed by atoms with Crippen LogP contribution in [0.25, 0.3) is 0 Å². The third-order valence-electron chi connectivity index (χ3n) is 5.24. The van der Waals surface area contributed by atoms with Crippen LogP contribution >= 0.6 is 15.9 Å². The van der Waals surface area contributed by atoms with Crippen LogP contribution in [0.1, 0.15) is 38.3 Å². The van der Waals surface area contributed by atoms with Crippen molar-refractivity contribution in [3.63, 3.8) is 0 Å². The van der Waals surface area contributed by atoms with Crippen molar-refractivity contribution in [2.24, 2.45) is 10.9 Å². The Balaban J connectivity index is 1.78. The van der Waals surface area contributed by atoms with Crippen LogP contribution in [0, 0.1) is 11.7 Å². The van der Waals surface area contributed by atoms with Gasteiger partial charge in [0.15, 0.2) is 11.5 Å². The standard InChI is InChI=1S/C20H23BrF4N6O5S/c1-2-4-16(32)35-29-19(27-13-6-7-15(22)14(21)9-13)17-18(30-36-28-17)26-10-12-5-3-8-31(11-12)37(33,34)20(23,24)25/h6-7,9,12H,2-5,8,10-11H2,1H3,(H,26,30)(H,27,29). The first-order valence-corrected chi connectivity index (χ1v) is 13.3. The van der Waals surface area contributed by atoms with Crippen molar-refractivity contribution in [2.75, 3.05) is 25.0 Å². The van der Waals surface area contributed by atoms with Gasteiger partial charge in [-0.15, -0.1) is 0 Å². The number of anilines is 1. The second kappa shape index (κ2) is 12.2. The molecule has 1 fully saturated rings. The average molecular weight is 615 g/mol. The Kier molecular flexibility index (Phi) is 9.46. The van der Waals surface area contributed by atoms with Gasteiger partial charge in [0.1, 0.15) is 5.82 Å². The molecule has 1 aromatic heterocycles. The molecule has 2 N–H and O–H groups in total. The van der Waals surface area contributed by atoms with Gasteiger partial charge in [0.2, 0.25) is 5.82 Å². The molecule has 2 aromatic rings. The summed E-state index contributed by atoms with van der Waals surface area (Å²) in [6.07, 6.45) is 1.35. The molecule has 3 rings (SSSR count). The van der Waals surface area contributed by atoms with Gasteiger partial charge in [0.05, 0.1) is 10.2 Å². The third-order valence-corrected chi connectivity index (χ3v) is 7.45. The Morgan fingerprint density at radius 1 is 1.35 bits per heavy atom. The number of benzene rings is 1. The van der Waals surface area contributed by atoms with Gasteiger partial charge in [-0.05, 0) is 69.6 Å². The van der Waals surface area contributed by atoms with Crippen LogP contribution in [0.15, 0.2) is 32.3 Å². The zero-order valence-electron chi connectivity index (χ0n) is 19.4. The Morgan fingerprint density at radius 3 is 2.78 bits per heavy atom. The minimum Gasteiger partial charge on any atom is -0.365 e. The van der Waals surface area contributed by atoms with Gasteiger partial charge in [0, 0.05) is 26.1 Å². The maximum atomic E-state index is 13.6. The van der Waals surface area contributed by atoms with Crippen LogP contribution in [0.4, 0.5) is 29.1 Å². The lowest BCUT2D eigenvalue weighted by molar-refractivity contribution is -0.147. The van der Waals surface area contributed by atoms with E-state index in [-0.39, 0.29) is 60.0 Å². The van der Waals surface area contributed by atoms with E-state index in [1.54, 1.807) is 6.92 Å². The maximum absolute atomic E-state index is 13.6. The van der Waals surface area contributed by atoms with Crippen LogP contribution in [-0.2, 0) is 19.7 Å². The molecule has 1 saturated heterocycles. The molecule has 0 amide bonds. The summed E-state index contributed by atoms with van der Waals surface area (Å²) in [5, 5.41) is 10.4. The fraction of sp³-hybridized carbons (Fsp3) is 0.500. The predicted octanol–water partition coefficient (Wildman–Crippen LogP) is 3.87. The number of carbonyl (C=O) groups excluding carboxylic acids is 1. The molecule has 0 bridgehead atoms. The minimum atomic E-state index is -5.44. The molecular weight excluding hydrogens is 592 g/mol. The summed E-state index contributed by atoms with van der Waals surface area (Å²) in [5.41, 5.74) is -2.79. The number of sulfonamides is 1. The lowest BCUT2D eigenvalue weighted by atomic mass is 10.00. The number of aliphatic imine (C=N–C) groups is 1. The van der Waals surface area contributed by atoms with Crippen LogP contribution in [-0.4, -0.2) is 60.0 Å². The summed E-state index contributed by atoms with van der Waals surface area (Å²) in [5.74, 6) is -1.71. The molecule has 0 radical (unpaired) electrons. The summed E-state index contributed by atoms with van der Waals surface area (Å²) >= 11 is 3.06. The number of aromatic nitrogens is 2. The van der Waals surface area contributed by atoms with Crippen molar-refractivity contribution in [3.05, 3.63) is 34.2 Å². The minimum absolute atomic E-state index is 0.00905. The van der Waals surface area contributed by atoms with Crippen molar-refractivity contribution in [3.8, 4) is 0 Å². The van der Waals surface area contributed by atoms with E-state index in [9.17, 15) is 30.8 Å². The highest BCUT2D eigenvalue weighted by Gasteiger charge is 2.50. The Bertz CT molecular complexity index is 1240. The zero-order chi connectivity index (χ0) is 27.2. The number of hydroxylamine groups is 1. The van der Waals surface area contributed by atoms with E-state index < -0.39 is 33.2 Å². The number of halogens is 5. The molecule has 204 valence electrons. The SMILES string of the molecule is CCCC(=O)ONC(=Nc1ccc(F)c(Br)c1)c1nonc1NCC1CCCN(S(=O)(=O)C(F)(F)F)C1.